The molecule has 0 nitrogen and oxygen atoms in total. The summed E-state index contributed by atoms with van der Waals surface area (Å²) in [5.41, 5.74) is 0. The fourth-order valence-electron chi connectivity index (χ4n) is 0. The summed E-state index contributed by atoms with van der Waals surface area (Å²) in [6.07, 6.45) is 0. The van der Waals surface area contributed by atoms with Crippen LogP contribution in [0.5, 0.6) is 0 Å². The van der Waals surface area contributed by atoms with Gasteiger partial charge in [-0.05, 0) is 0 Å². The summed E-state index contributed by atoms with van der Waals surface area (Å²) >= 11 is 0. The third-order valence-corrected chi connectivity index (χ3v) is 0. The summed E-state index contributed by atoms with van der Waals surface area (Å²) in [5.74, 6) is 0. The first-order valence-electron chi connectivity index (χ1n) is 0. The zero-order chi connectivity index (χ0) is 0. The summed E-state index contributed by atoms with van der Waals surface area (Å²) in [5, 5.41) is 0. The average Bonchev–Trinajstić information content (AvgIpc) is 0. The molecule has 0 spiro atoms. The summed E-state index contributed by atoms with van der Waals surface area (Å²) in [7, 11) is 0. The first-order valence-corrected chi connectivity index (χ1v) is 0. The van der Waals surface area contributed by atoms with Crippen molar-refractivity contribution in [2.75, 3.05) is 0 Å². The van der Waals surface area contributed by atoms with Crippen molar-refractivity contribution in [1.29, 1.82) is 0 Å². The Bertz CT molecular complexity index is 16.0. The van der Waals surface area contributed by atoms with Crippen LogP contribution in [0, 0.1) is 0 Å². The van der Waals surface area contributed by atoms with E-state index in [1.807, 2.05) is 0 Å². The Morgan fingerprint density at radius 1 is 0.714 bits per heavy atom. The van der Waals surface area contributed by atoms with Gasteiger partial charge < -0.3 is 1.43 Å². The van der Waals surface area contributed by atoms with Gasteiger partial charge >= 0.3 is 29.6 Å². The Morgan fingerprint density at radius 3 is 0.714 bits per heavy atom. The topological polar surface area (TPSA) is 0 Å². The van der Waals surface area contributed by atoms with Crippen molar-refractivity contribution >= 4 is 84.6 Å². The van der Waals surface area contributed by atoms with Gasteiger partial charge in [-0.15, -0.1) is 73.6 Å². The smallest absolute Gasteiger partial charge is 1.00 e. The van der Waals surface area contributed by atoms with E-state index in [4.69, 9.17) is 0 Å². The summed E-state index contributed by atoms with van der Waals surface area (Å²) in [6, 6.07) is 0. The van der Waals surface area contributed by atoms with Gasteiger partial charge in [0.2, 0.25) is 0 Å². The second-order valence-corrected chi connectivity index (χ2v) is 0. The molecule has 0 saturated heterocycles. The molecule has 0 N–H and O–H groups in total. The normalized spacial score (nSPS) is 0. The minimum Gasteiger partial charge on any atom is -1.00 e. The minimum atomic E-state index is 0. The van der Waals surface area contributed by atoms with Crippen LogP contribution >= 0.6 is 73.6 Å². The van der Waals surface area contributed by atoms with E-state index in [1.54, 1.807) is 0 Å². The van der Waals surface area contributed by atoms with Crippen LogP contribution in [0.1, 0.15) is 1.43 Å². The molecule has 0 atom stereocenters. The molecule has 0 bridgehead atoms. The van der Waals surface area contributed by atoms with Crippen LogP contribution in [-0.4, -0.2) is 11.0 Å². The molecule has 0 unspecified atom stereocenters. The maximum Gasteiger partial charge on any atom is 1.00 e. The number of hydrogen-bond donors (Lipinski definition) is 0. The Balaban J connectivity index is 0. The molecule has 0 saturated carbocycles. The zero-order valence-electron chi connectivity index (χ0n) is 4.54. The van der Waals surface area contributed by atoms with E-state index in [1.165, 1.54) is 0 Å². The predicted octanol–water partition coefficient (Wildman–Crippen LogP) is -0.959. The van der Waals surface area contributed by atoms with Gasteiger partial charge in [0.1, 0.15) is 0 Å². The predicted molar refractivity (Wildman–Crippen MR) is 51.3 cm³/mol. The van der Waals surface area contributed by atoms with Gasteiger partial charge in [-0.1, -0.05) is 0 Å². The molecule has 0 rings (SSSR count). The Hall–Kier alpha value is 3.11. The summed E-state index contributed by atoms with van der Waals surface area (Å²) in [6.45, 7) is 0. The van der Waals surface area contributed by atoms with Gasteiger partial charge in [0, 0.05) is 11.0 Å². The first kappa shape index (κ1) is 86.8. The van der Waals surface area contributed by atoms with Crippen molar-refractivity contribution in [1.82, 2.24) is 0 Å². The first-order chi connectivity index (χ1) is 0. The molecular weight excluding hydrogens is 320 g/mol. The van der Waals surface area contributed by atoms with Gasteiger partial charge in [0.05, 0.1) is 0 Å². The quantitative estimate of drug-likeness (QED) is 0.398. The van der Waals surface area contributed by atoms with Gasteiger partial charge in [-0.3, -0.25) is 0 Å². The van der Waals surface area contributed by atoms with E-state index in [2.05, 4.69) is 0 Å². The maximum atomic E-state index is 0. The van der Waals surface area contributed by atoms with Crippen LogP contribution in [0.25, 0.3) is 0 Å². The molecule has 0 aliphatic rings. The Kier molecular flexibility index (Phi) is 769. The van der Waals surface area contributed by atoms with Crippen molar-refractivity contribution in [3.8, 4) is 0 Å². The molecule has 0 heterocycles. The van der Waals surface area contributed by atoms with Gasteiger partial charge in [-0.25, -0.2) is 0 Å². The van der Waals surface area contributed by atoms with Gasteiger partial charge in [-0.2, -0.15) is 0 Å². The van der Waals surface area contributed by atoms with Crippen molar-refractivity contribution < 1.29 is 31.0 Å². The second-order valence-electron chi connectivity index (χ2n) is 0. The van der Waals surface area contributed by atoms with Crippen LogP contribution in [0.4, 0.5) is 0 Å². The van der Waals surface area contributed by atoms with Crippen LogP contribution in [0.2, 0.25) is 0 Å². The maximum absolute atomic E-state index is 0. The van der Waals surface area contributed by atoms with Crippen molar-refractivity contribution in [2.45, 2.75) is 0 Å². The van der Waals surface area contributed by atoms with Crippen LogP contribution < -0.4 is 29.6 Å². The molecule has 0 aliphatic heterocycles. The number of hydrogen-bond acceptors (Lipinski definition) is 0. The third-order valence-electron chi connectivity index (χ3n) is 0. The molecule has 0 aliphatic carbocycles. The molecule has 0 fully saturated rings. The molecule has 0 aromatic rings. The summed E-state index contributed by atoms with van der Waals surface area (Å²) < 4.78 is 0. The molecule has 7 heavy (non-hydrogen) atoms. The van der Waals surface area contributed by atoms with Crippen LogP contribution in [0.15, 0.2) is 0 Å². The molecule has 46 valence electrons. The third kappa shape index (κ3) is 47.7. The molecule has 0 aromatic heterocycles. The SMILES string of the molecule is Cl.Cl.Cl.Cl.I.[H-].[Na+].[Si]. The molecular formula is H6Cl4INaSi. The van der Waals surface area contributed by atoms with E-state index in [-0.39, 0.29) is 116 Å². The van der Waals surface area contributed by atoms with Crippen molar-refractivity contribution in [3.05, 3.63) is 0 Å². The molecule has 4 radical (unpaired) electrons. The van der Waals surface area contributed by atoms with E-state index < -0.39 is 0 Å². The van der Waals surface area contributed by atoms with Crippen molar-refractivity contribution in [2.24, 2.45) is 0 Å². The number of halogens is 5. The average molecular weight is 326 g/mol. The fraction of sp³-hybridized carbons (Fsp3) is 0. The van der Waals surface area contributed by atoms with E-state index in [9.17, 15) is 0 Å². The monoisotopic (exact) mass is 324 g/mol. The summed E-state index contributed by atoms with van der Waals surface area (Å²) in [4.78, 5) is 0. The standard InChI is InChI=1S/4ClH.HI.Na.Si.H/h5*1H;;;/q;;;;;+1;;-1. The molecule has 0 aromatic carbocycles. The Labute approximate surface area is 114 Å². The minimum absolute atomic E-state index is 0. The molecule has 0 amide bonds. The fourth-order valence-corrected chi connectivity index (χ4v) is 0. The number of rotatable bonds is 0. The van der Waals surface area contributed by atoms with Gasteiger partial charge in [0.25, 0.3) is 0 Å². The van der Waals surface area contributed by atoms with Gasteiger partial charge in [0.15, 0.2) is 0 Å². The van der Waals surface area contributed by atoms with Crippen LogP contribution in [-0.2, 0) is 0 Å². The van der Waals surface area contributed by atoms with Crippen LogP contribution in [0.3, 0.4) is 0 Å². The van der Waals surface area contributed by atoms with Crippen molar-refractivity contribution in [3.63, 3.8) is 0 Å². The largest absolute Gasteiger partial charge is 1.00 e. The van der Waals surface area contributed by atoms with E-state index in [0.717, 1.165) is 0 Å². The van der Waals surface area contributed by atoms with E-state index >= 15 is 0 Å². The zero-order valence-corrected chi connectivity index (χ0v) is 12.1. The van der Waals surface area contributed by atoms with E-state index in [0.29, 0.717) is 0 Å². The second kappa shape index (κ2) is 62.0. The Morgan fingerprint density at radius 2 is 0.714 bits per heavy atom. The molecule has 7 heteroatoms.